The van der Waals surface area contributed by atoms with Crippen LogP contribution < -0.4 is 5.32 Å². The molecule has 1 aromatic rings. The zero-order valence-corrected chi connectivity index (χ0v) is 11.9. The van der Waals surface area contributed by atoms with Crippen molar-refractivity contribution < 1.29 is 9.59 Å². The number of rotatable bonds is 3. The average molecular weight is 276 g/mol. The number of hydrogen-bond donors (Lipinski definition) is 2. The predicted molar refractivity (Wildman–Crippen MR) is 74.2 cm³/mol. The first-order valence-corrected chi connectivity index (χ1v) is 7.21. The molecule has 1 saturated heterocycles. The maximum atomic E-state index is 12.4. The molecule has 20 heavy (non-hydrogen) atoms. The van der Waals surface area contributed by atoms with Crippen LogP contribution in [0, 0.1) is 19.8 Å². The third-order valence-electron chi connectivity index (χ3n) is 4.26. The van der Waals surface area contributed by atoms with Gasteiger partial charge in [-0.3, -0.25) is 14.7 Å². The van der Waals surface area contributed by atoms with E-state index in [2.05, 4.69) is 15.5 Å². The van der Waals surface area contributed by atoms with Crippen LogP contribution in [0.1, 0.15) is 36.9 Å². The van der Waals surface area contributed by atoms with Crippen LogP contribution in [0.15, 0.2) is 0 Å². The highest BCUT2D eigenvalue weighted by atomic mass is 16.2. The zero-order valence-electron chi connectivity index (χ0n) is 11.9. The molecule has 1 aliphatic carbocycles. The van der Waals surface area contributed by atoms with E-state index in [0.717, 1.165) is 36.9 Å². The SMILES string of the molecule is Cc1[nH]nc(NC(=O)C2CCCN2C(=O)C2CC2)c1C. The summed E-state index contributed by atoms with van der Waals surface area (Å²) in [6, 6.07) is -0.334. The number of carbonyl (C=O) groups is 2. The van der Waals surface area contributed by atoms with Crippen LogP contribution in [0.5, 0.6) is 0 Å². The number of aryl methyl sites for hydroxylation is 1. The van der Waals surface area contributed by atoms with Crippen molar-refractivity contribution in [2.75, 3.05) is 11.9 Å². The fourth-order valence-corrected chi connectivity index (χ4v) is 2.67. The summed E-state index contributed by atoms with van der Waals surface area (Å²) in [7, 11) is 0. The molecule has 3 rings (SSSR count). The van der Waals surface area contributed by atoms with Crippen molar-refractivity contribution in [3.05, 3.63) is 11.3 Å². The van der Waals surface area contributed by atoms with Gasteiger partial charge in [-0.2, -0.15) is 5.10 Å². The van der Waals surface area contributed by atoms with Gasteiger partial charge in [0.25, 0.3) is 0 Å². The Morgan fingerprint density at radius 2 is 2.05 bits per heavy atom. The van der Waals surface area contributed by atoms with Gasteiger partial charge in [0.1, 0.15) is 6.04 Å². The first-order chi connectivity index (χ1) is 9.58. The Labute approximate surface area is 117 Å². The van der Waals surface area contributed by atoms with Crippen LogP contribution in [0.2, 0.25) is 0 Å². The number of nitrogens with one attached hydrogen (secondary N) is 2. The van der Waals surface area contributed by atoms with Gasteiger partial charge in [-0.15, -0.1) is 0 Å². The molecule has 0 aromatic carbocycles. The van der Waals surface area contributed by atoms with E-state index < -0.39 is 0 Å². The Morgan fingerprint density at radius 3 is 2.65 bits per heavy atom. The Balaban J connectivity index is 1.69. The number of likely N-dealkylation sites (tertiary alicyclic amines) is 1. The molecule has 0 spiro atoms. The van der Waals surface area contributed by atoms with E-state index in [9.17, 15) is 9.59 Å². The Morgan fingerprint density at radius 1 is 1.30 bits per heavy atom. The Bertz CT molecular complexity index is 547. The smallest absolute Gasteiger partial charge is 0.248 e. The van der Waals surface area contributed by atoms with Crippen LogP contribution in [0.4, 0.5) is 5.82 Å². The molecule has 2 amide bonds. The fourth-order valence-electron chi connectivity index (χ4n) is 2.67. The predicted octanol–water partition coefficient (Wildman–Crippen LogP) is 1.37. The lowest BCUT2D eigenvalue weighted by Gasteiger charge is -2.23. The highest BCUT2D eigenvalue weighted by molar-refractivity contribution is 5.97. The number of nitrogens with zero attached hydrogens (tertiary/aromatic N) is 2. The topological polar surface area (TPSA) is 78.1 Å². The molecule has 6 nitrogen and oxygen atoms in total. The molecule has 1 aromatic heterocycles. The lowest BCUT2D eigenvalue weighted by atomic mass is 10.2. The largest absolute Gasteiger partial charge is 0.330 e. The summed E-state index contributed by atoms with van der Waals surface area (Å²) >= 11 is 0. The Kier molecular flexibility index (Phi) is 3.23. The molecule has 1 atom stereocenters. The first-order valence-electron chi connectivity index (χ1n) is 7.21. The molecule has 2 N–H and O–H groups in total. The van der Waals surface area contributed by atoms with Crippen LogP contribution >= 0.6 is 0 Å². The van der Waals surface area contributed by atoms with Crippen LogP contribution in [-0.2, 0) is 9.59 Å². The molecular weight excluding hydrogens is 256 g/mol. The van der Waals surface area contributed by atoms with E-state index in [4.69, 9.17) is 0 Å². The van der Waals surface area contributed by atoms with Crippen LogP contribution in [0.25, 0.3) is 0 Å². The van der Waals surface area contributed by atoms with Gasteiger partial charge in [-0.1, -0.05) is 0 Å². The molecule has 2 heterocycles. The number of aromatic amines is 1. The van der Waals surface area contributed by atoms with Crippen molar-refractivity contribution in [3.63, 3.8) is 0 Å². The van der Waals surface area contributed by atoms with Gasteiger partial charge in [0, 0.05) is 23.7 Å². The third kappa shape index (κ3) is 2.30. The second kappa shape index (κ2) is 4.92. The van der Waals surface area contributed by atoms with E-state index in [0.29, 0.717) is 12.4 Å². The van der Waals surface area contributed by atoms with Crippen molar-refractivity contribution in [2.24, 2.45) is 5.92 Å². The van der Waals surface area contributed by atoms with Gasteiger partial charge in [0.15, 0.2) is 5.82 Å². The molecular formula is C14H20N4O2. The lowest BCUT2D eigenvalue weighted by molar-refractivity contribution is -0.137. The number of anilines is 1. The summed E-state index contributed by atoms with van der Waals surface area (Å²) in [6.45, 7) is 4.53. The Hall–Kier alpha value is -1.85. The summed E-state index contributed by atoms with van der Waals surface area (Å²) in [5.41, 5.74) is 1.88. The molecule has 1 aliphatic heterocycles. The maximum Gasteiger partial charge on any atom is 0.248 e. The van der Waals surface area contributed by atoms with Crippen LogP contribution in [0.3, 0.4) is 0 Å². The van der Waals surface area contributed by atoms with Crippen molar-refractivity contribution in [2.45, 2.75) is 45.6 Å². The van der Waals surface area contributed by atoms with Gasteiger partial charge in [-0.05, 0) is 39.5 Å². The van der Waals surface area contributed by atoms with Gasteiger partial charge >= 0.3 is 0 Å². The minimum absolute atomic E-state index is 0.119. The van der Waals surface area contributed by atoms with E-state index in [1.807, 2.05) is 13.8 Å². The second-order valence-electron chi connectivity index (χ2n) is 5.78. The minimum atomic E-state index is -0.334. The minimum Gasteiger partial charge on any atom is -0.330 e. The standard InChI is InChI=1S/C14H20N4O2/c1-8-9(2)16-17-12(8)15-13(19)11-4-3-7-18(11)14(20)10-5-6-10/h10-11H,3-7H2,1-2H3,(H2,15,16,17,19). The number of hydrogen-bond acceptors (Lipinski definition) is 3. The molecule has 108 valence electrons. The number of amides is 2. The van der Waals surface area contributed by atoms with Crippen molar-refractivity contribution in [3.8, 4) is 0 Å². The van der Waals surface area contributed by atoms with Gasteiger partial charge in [0.05, 0.1) is 0 Å². The zero-order chi connectivity index (χ0) is 14.3. The molecule has 0 radical (unpaired) electrons. The molecule has 2 fully saturated rings. The number of aromatic nitrogens is 2. The summed E-state index contributed by atoms with van der Waals surface area (Å²) < 4.78 is 0. The number of carbonyl (C=O) groups excluding carboxylic acids is 2. The van der Waals surface area contributed by atoms with E-state index in [1.165, 1.54) is 0 Å². The van der Waals surface area contributed by atoms with E-state index in [1.54, 1.807) is 4.90 Å². The second-order valence-corrected chi connectivity index (χ2v) is 5.78. The highest BCUT2D eigenvalue weighted by Crippen LogP contribution is 2.33. The van der Waals surface area contributed by atoms with Crippen molar-refractivity contribution in [1.82, 2.24) is 15.1 Å². The summed E-state index contributed by atoms with van der Waals surface area (Å²) in [5, 5.41) is 9.78. The highest BCUT2D eigenvalue weighted by Gasteiger charge is 2.41. The van der Waals surface area contributed by atoms with Crippen molar-refractivity contribution >= 4 is 17.6 Å². The first kappa shape index (κ1) is 13.1. The fraction of sp³-hybridized carbons (Fsp3) is 0.643. The number of H-pyrrole nitrogens is 1. The molecule has 6 heteroatoms. The average Bonchev–Trinajstić information content (AvgIpc) is 3.09. The van der Waals surface area contributed by atoms with Gasteiger partial charge < -0.3 is 10.2 Å². The normalized spacial score (nSPS) is 22.1. The van der Waals surface area contributed by atoms with E-state index >= 15 is 0 Å². The summed E-state index contributed by atoms with van der Waals surface area (Å²) in [6.07, 6.45) is 3.59. The van der Waals surface area contributed by atoms with Gasteiger partial charge in [0.2, 0.25) is 11.8 Å². The van der Waals surface area contributed by atoms with Crippen molar-refractivity contribution in [1.29, 1.82) is 0 Å². The van der Waals surface area contributed by atoms with E-state index in [-0.39, 0.29) is 23.8 Å². The monoisotopic (exact) mass is 276 g/mol. The molecule has 0 bridgehead atoms. The third-order valence-corrected chi connectivity index (χ3v) is 4.26. The summed E-state index contributed by atoms with van der Waals surface area (Å²) in [4.78, 5) is 26.3. The summed E-state index contributed by atoms with van der Waals surface area (Å²) in [5.74, 6) is 0.764. The maximum absolute atomic E-state index is 12.4. The van der Waals surface area contributed by atoms with Gasteiger partial charge in [-0.25, -0.2) is 0 Å². The van der Waals surface area contributed by atoms with Crippen LogP contribution in [-0.4, -0.2) is 39.5 Å². The molecule has 1 unspecified atom stereocenters. The molecule has 1 saturated carbocycles. The quantitative estimate of drug-likeness (QED) is 0.875. The molecule has 2 aliphatic rings. The lowest BCUT2D eigenvalue weighted by Crippen LogP contribution is -2.43.